The van der Waals surface area contributed by atoms with Crippen molar-refractivity contribution in [3.05, 3.63) is 52.0 Å². The van der Waals surface area contributed by atoms with Gasteiger partial charge in [0.15, 0.2) is 0 Å². The van der Waals surface area contributed by atoms with Gasteiger partial charge in [-0.3, -0.25) is 0 Å². The summed E-state index contributed by atoms with van der Waals surface area (Å²) in [6.45, 7) is 0. The first-order chi connectivity index (χ1) is 9.58. The van der Waals surface area contributed by atoms with E-state index in [-0.39, 0.29) is 6.03 Å². The van der Waals surface area contributed by atoms with E-state index in [2.05, 4.69) is 26.6 Å². The second-order valence-corrected chi connectivity index (χ2v) is 5.28. The maximum absolute atomic E-state index is 11.9. The molecule has 0 unspecified atom stereocenters. The van der Waals surface area contributed by atoms with Crippen LogP contribution in [-0.4, -0.2) is 13.1 Å². The maximum atomic E-state index is 11.9. The number of carbonyl (C=O) groups excluding carboxylic acids is 1. The Bertz CT molecular complexity index is 617. The lowest BCUT2D eigenvalue weighted by Gasteiger charge is -2.11. The summed E-state index contributed by atoms with van der Waals surface area (Å²) in [6, 6.07) is 11.9. The molecule has 0 heterocycles. The van der Waals surface area contributed by atoms with Gasteiger partial charge in [0.2, 0.25) is 0 Å². The summed E-state index contributed by atoms with van der Waals surface area (Å²) in [6.07, 6.45) is 0. The molecule has 0 aliphatic carbocycles. The molecule has 0 saturated carbocycles. The van der Waals surface area contributed by atoms with Gasteiger partial charge in [-0.2, -0.15) is 0 Å². The Morgan fingerprint density at radius 1 is 1.15 bits per heavy atom. The van der Waals surface area contributed by atoms with Gasteiger partial charge >= 0.3 is 6.03 Å². The zero-order valence-electron chi connectivity index (χ0n) is 10.6. The number of benzene rings is 2. The fourth-order valence-corrected chi connectivity index (χ4v) is 2.08. The molecular formula is C14H12BrClN2O2. The number of rotatable bonds is 3. The fraction of sp³-hybridized carbons (Fsp3) is 0.0714. The molecule has 2 amide bonds. The monoisotopic (exact) mass is 354 g/mol. The second-order valence-electron chi connectivity index (χ2n) is 3.93. The summed E-state index contributed by atoms with van der Waals surface area (Å²) in [7, 11) is 1.55. The lowest BCUT2D eigenvalue weighted by molar-refractivity contribution is 0.262. The topological polar surface area (TPSA) is 50.4 Å². The molecule has 2 aromatic rings. The third-order valence-corrected chi connectivity index (χ3v) is 3.26. The smallest absolute Gasteiger partial charge is 0.323 e. The van der Waals surface area contributed by atoms with Gasteiger partial charge in [-0.15, -0.1) is 0 Å². The molecule has 0 bridgehead atoms. The summed E-state index contributed by atoms with van der Waals surface area (Å²) < 4.78 is 6.03. The van der Waals surface area contributed by atoms with Crippen molar-refractivity contribution in [3.63, 3.8) is 0 Å². The number of ether oxygens (including phenoxy) is 1. The predicted molar refractivity (Wildman–Crippen MR) is 84.8 cm³/mol. The molecule has 2 aromatic carbocycles. The summed E-state index contributed by atoms with van der Waals surface area (Å²) >= 11 is 9.13. The van der Waals surface area contributed by atoms with Crippen molar-refractivity contribution < 1.29 is 9.53 Å². The highest BCUT2D eigenvalue weighted by Gasteiger charge is 2.08. The van der Waals surface area contributed by atoms with Crippen LogP contribution in [0.15, 0.2) is 46.9 Å². The molecule has 2 rings (SSSR count). The average molecular weight is 356 g/mol. The summed E-state index contributed by atoms with van der Waals surface area (Å²) in [5, 5.41) is 6.05. The molecule has 0 aliphatic rings. The van der Waals surface area contributed by atoms with E-state index in [0.717, 1.165) is 4.47 Å². The normalized spacial score (nSPS) is 9.95. The first-order valence-corrected chi connectivity index (χ1v) is 6.92. The van der Waals surface area contributed by atoms with E-state index in [4.69, 9.17) is 16.3 Å². The molecule has 20 heavy (non-hydrogen) atoms. The van der Waals surface area contributed by atoms with E-state index < -0.39 is 0 Å². The Morgan fingerprint density at radius 2 is 1.85 bits per heavy atom. The molecule has 6 heteroatoms. The van der Waals surface area contributed by atoms with Crippen LogP contribution < -0.4 is 15.4 Å². The van der Waals surface area contributed by atoms with E-state index in [9.17, 15) is 4.79 Å². The van der Waals surface area contributed by atoms with Crippen LogP contribution in [0.3, 0.4) is 0 Å². The lowest BCUT2D eigenvalue weighted by Crippen LogP contribution is -2.19. The minimum atomic E-state index is -0.358. The first-order valence-electron chi connectivity index (χ1n) is 5.75. The highest BCUT2D eigenvalue weighted by molar-refractivity contribution is 9.10. The Kier molecular flexibility index (Phi) is 4.87. The van der Waals surface area contributed by atoms with E-state index in [1.807, 2.05) is 6.07 Å². The molecule has 104 valence electrons. The van der Waals surface area contributed by atoms with Gasteiger partial charge < -0.3 is 15.4 Å². The van der Waals surface area contributed by atoms with Crippen molar-refractivity contribution in [3.8, 4) is 5.75 Å². The quantitative estimate of drug-likeness (QED) is 0.834. The number of anilines is 2. The minimum Gasteiger partial charge on any atom is -0.495 e. The van der Waals surface area contributed by atoms with Gasteiger partial charge in [-0.1, -0.05) is 27.5 Å². The number of amides is 2. The van der Waals surface area contributed by atoms with Crippen LogP contribution in [0.25, 0.3) is 0 Å². The van der Waals surface area contributed by atoms with E-state index in [1.54, 1.807) is 43.5 Å². The Hall–Kier alpha value is -1.72. The van der Waals surface area contributed by atoms with Gasteiger partial charge in [0.1, 0.15) is 5.75 Å². The van der Waals surface area contributed by atoms with Gasteiger partial charge in [0.05, 0.1) is 12.8 Å². The molecule has 0 saturated heterocycles. The van der Waals surface area contributed by atoms with Crippen LogP contribution >= 0.6 is 27.5 Å². The molecular weight excluding hydrogens is 344 g/mol. The van der Waals surface area contributed by atoms with Gasteiger partial charge in [0.25, 0.3) is 0 Å². The van der Waals surface area contributed by atoms with Gasteiger partial charge in [-0.05, 0) is 42.5 Å². The van der Waals surface area contributed by atoms with Crippen molar-refractivity contribution in [1.82, 2.24) is 0 Å². The Balaban J connectivity index is 2.08. The number of hydrogen-bond acceptors (Lipinski definition) is 2. The van der Waals surface area contributed by atoms with Crippen molar-refractivity contribution in [2.45, 2.75) is 0 Å². The maximum Gasteiger partial charge on any atom is 0.323 e. The van der Waals surface area contributed by atoms with Crippen LogP contribution in [0.4, 0.5) is 16.2 Å². The van der Waals surface area contributed by atoms with Gasteiger partial charge in [0, 0.05) is 15.2 Å². The molecule has 0 spiro atoms. The minimum absolute atomic E-state index is 0.358. The SMILES string of the molecule is COc1ccc(Br)cc1NC(=O)Nc1ccc(Cl)cc1. The lowest BCUT2D eigenvalue weighted by atomic mass is 10.3. The standard InChI is InChI=1S/C14H12BrClN2O2/c1-20-13-7-2-9(15)8-12(13)18-14(19)17-11-5-3-10(16)4-6-11/h2-8H,1H3,(H2,17,18,19). The van der Waals surface area contributed by atoms with Crippen LogP contribution in [-0.2, 0) is 0 Å². The molecule has 2 N–H and O–H groups in total. The number of nitrogens with one attached hydrogen (secondary N) is 2. The van der Waals surface area contributed by atoms with Crippen molar-refractivity contribution >= 4 is 44.9 Å². The molecule has 0 atom stereocenters. The van der Waals surface area contributed by atoms with Crippen LogP contribution in [0.5, 0.6) is 5.75 Å². The number of carbonyl (C=O) groups is 1. The van der Waals surface area contributed by atoms with E-state index >= 15 is 0 Å². The third-order valence-electron chi connectivity index (χ3n) is 2.51. The molecule has 4 nitrogen and oxygen atoms in total. The zero-order chi connectivity index (χ0) is 14.5. The van der Waals surface area contributed by atoms with Crippen molar-refractivity contribution in [2.75, 3.05) is 17.7 Å². The second kappa shape index (κ2) is 6.63. The molecule has 0 fully saturated rings. The number of hydrogen-bond donors (Lipinski definition) is 2. The molecule has 0 aromatic heterocycles. The average Bonchev–Trinajstić information content (AvgIpc) is 2.41. The highest BCUT2D eigenvalue weighted by Crippen LogP contribution is 2.28. The van der Waals surface area contributed by atoms with Crippen LogP contribution in [0, 0.1) is 0 Å². The first kappa shape index (κ1) is 14.7. The number of methoxy groups -OCH3 is 1. The molecule has 0 aliphatic heterocycles. The third kappa shape index (κ3) is 3.88. The van der Waals surface area contributed by atoms with Crippen LogP contribution in [0.1, 0.15) is 0 Å². The van der Waals surface area contributed by atoms with Crippen molar-refractivity contribution in [2.24, 2.45) is 0 Å². The number of urea groups is 1. The van der Waals surface area contributed by atoms with Gasteiger partial charge in [-0.25, -0.2) is 4.79 Å². The van der Waals surface area contributed by atoms with E-state index in [1.165, 1.54) is 0 Å². The van der Waals surface area contributed by atoms with Crippen molar-refractivity contribution in [1.29, 1.82) is 0 Å². The Morgan fingerprint density at radius 3 is 2.50 bits per heavy atom. The highest BCUT2D eigenvalue weighted by atomic mass is 79.9. The Labute approximate surface area is 130 Å². The summed E-state index contributed by atoms with van der Waals surface area (Å²) in [5.74, 6) is 0.583. The predicted octanol–water partition coefficient (Wildman–Crippen LogP) is 4.76. The number of halogens is 2. The van der Waals surface area contributed by atoms with E-state index in [0.29, 0.717) is 22.1 Å². The largest absolute Gasteiger partial charge is 0.495 e. The summed E-state index contributed by atoms with van der Waals surface area (Å²) in [4.78, 5) is 11.9. The zero-order valence-corrected chi connectivity index (χ0v) is 13.0. The fourth-order valence-electron chi connectivity index (χ4n) is 1.60. The molecule has 0 radical (unpaired) electrons. The summed E-state index contributed by atoms with van der Waals surface area (Å²) in [5.41, 5.74) is 1.23. The van der Waals surface area contributed by atoms with Crippen LogP contribution in [0.2, 0.25) is 5.02 Å².